The first-order chi connectivity index (χ1) is 9.89. The molecule has 2 aliphatic rings. The van der Waals surface area contributed by atoms with Gasteiger partial charge < -0.3 is 5.73 Å². The van der Waals surface area contributed by atoms with Crippen LogP contribution in [-0.2, 0) is 10.0 Å². The number of sulfonamides is 1. The molecular formula is C14H20BrN3O2S. The zero-order valence-electron chi connectivity index (χ0n) is 12.0. The summed E-state index contributed by atoms with van der Waals surface area (Å²) in [6.07, 6.45) is 2.24. The van der Waals surface area contributed by atoms with E-state index in [1.807, 2.05) is 6.92 Å². The minimum atomic E-state index is -3.52. The number of nitrogens with two attached hydrogens (primary N) is 1. The minimum absolute atomic E-state index is 0.0160. The van der Waals surface area contributed by atoms with Crippen LogP contribution in [-0.4, -0.2) is 49.3 Å². The Hall–Kier alpha value is -0.630. The number of rotatable bonds is 2. The average Bonchev–Trinajstić information content (AvgIpc) is 2.87. The van der Waals surface area contributed by atoms with Gasteiger partial charge >= 0.3 is 0 Å². The molecule has 2 fully saturated rings. The summed E-state index contributed by atoms with van der Waals surface area (Å²) < 4.78 is 28.2. The lowest BCUT2D eigenvalue weighted by Crippen LogP contribution is -2.56. The summed E-state index contributed by atoms with van der Waals surface area (Å²) in [5.41, 5.74) is 6.22. The standard InChI is InChI=1S/C14H20BrN3O2S/c1-10-8-17-6-2-3-12(17)9-18(10)21(19,20)14-7-11(16)4-5-13(14)15/h4-5,7,10,12H,2-3,6,8-9,16H2,1H3. The van der Waals surface area contributed by atoms with Crippen molar-refractivity contribution >= 4 is 31.6 Å². The highest BCUT2D eigenvalue weighted by atomic mass is 79.9. The van der Waals surface area contributed by atoms with Crippen LogP contribution >= 0.6 is 15.9 Å². The van der Waals surface area contributed by atoms with Crippen LogP contribution in [0.15, 0.2) is 27.6 Å². The zero-order chi connectivity index (χ0) is 15.2. The topological polar surface area (TPSA) is 66.6 Å². The van der Waals surface area contributed by atoms with Crippen molar-refractivity contribution in [3.05, 3.63) is 22.7 Å². The number of hydrogen-bond acceptors (Lipinski definition) is 4. The van der Waals surface area contributed by atoms with Crippen molar-refractivity contribution in [2.45, 2.75) is 36.7 Å². The van der Waals surface area contributed by atoms with E-state index in [2.05, 4.69) is 20.8 Å². The molecule has 2 saturated heterocycles. The van der Waals surface area contributed by atoms with Crippen LogP contribution in [0.25, 0.3) is 0 Å². The number of benzene rings is 1. The number of fused-ring (bicyclic) bond motifs is 1. The van der Waals surface area contributed by atoms with Gasteiger partial charge in [0.05, 0.1) is 4.90 Å². The Morgan fingerprint density at radius 1 is 1.33 bits per heavy atom. The van der Waals surface area contributed by atoms with Crippen molar-refractivity contribution in [1.29, 1.82) is 0 Å². The van der Waals surface area contributed by atoms with Crippen molar-refractivity contribution in [3.8, 4) is 0 Å². The van der Waals surface area contributed by atoms with E-state index in [1.54, 1.807) is 16.4 Å². The molecule has 21 heavy (non-hydrogen) atoms. The molecule has 2 heterocycles. The summed E-state index contributed by atoms with van der Waals surface area (Å²) in [6.45, 7) is 4.45. The third-order valence-corrected chi connectivity index (χ3v) is 7.40. The maximum absolute atomic E-state index is 13.0. The Kier molecular flexibility index (Phi) is 4.02. The van der Waals surface area contributed by atoms with Crippen molar-refractivity contribution in [2.75, 3.05) is 25.4 Å². The number of nitrogen functional groups attached to an aromatic ring is 1. The van der Waals surface area contributed by atoms with Gasteiger partial charge in [0, 0.05) is 35.3 Å². The zero-order valence-corrected chi connectivity index (χ0v) is 14.4. The molecule has 2 N–H and O–H groups in total. The molecule has 3 rings (SSSR count). The summed E-state index contributed by atoms with van der Waals surface area (Å²) in [7, 11) is -3.52. The molecule has 2 aliphatic heterocycles. The van der Waals surface area contributed by atoms with E-state index in [4.69, 9.17) is 5.73 Å². The van der Waals surface area contributed by atoms with Gasteiger partial charge in [0.1, 0.15) is 0 Å². The fraction of sp³-hybridized carbons (Fsp3) is 0.571. The summed E-state index contributed by atoms with van der Waals surface area (Å²) in [5.74, 6) is 0. The second kappa shape index (κ2) is 5.53. The van der Waals surface area contributed by atoms with Crippen molar-refractivity contribution < 1.29 is 8.42 Å². The maximum atomic E-state index is 13.0. The minimum Gasteiger partial charge on any atom is -0.399 e. The highest BCUT2D eigenvalue weighted by Crippen LogP contribution is 2.32. The van der Waals surface area contributed by atoms with E-state index in [-0.39, 0.29) is 10.9 Å². The largest absolute Gasteiger partial charge is 0.399 e. The van der Waals surface area contributed by atoms with Crippen LogP contribution in [0.2, 0.25) is 0 Å². The smallest absolute Gasteiger partial charge is 0.244 e. The van der Waals surface area contributed by atoms with E-state index >= 15 is 0 Å². The third-order valence-electron chi connectivity index (χ3n) is 4.42. The fourth-order valence-corrected chi connectivity index (χ4v) is 5.96. The van der Waals surface area contributed by atoms with Crippen LogP contribution in [0.3, 0.4) is 0 Å². The van der Waals surface area contributed by atoms with Gasteiger partial charge in [-0.3, -0.25) is 4.90 Å². The average molecular weight is 374 g/mol. The van der Waals surface area contributed by atoms with Crippen LogP contribution in [0, 0.1) is 0 Å². The van der Waals surface area contributed by atoms with E-state index in [9.17, 15) is 8.42 Å². The van der Waals surface area contributed by atoms with Gasteiger partial charge in [0.25, 0.3) is 0 Å². The Morgan fingerprint density at radius 2 is 2.10 bits per heavy atom. The fourth-order valence-electron chi connectivity index (χ4n) is 3.34. The lowest BCUT2D eigenvalue weighted by molar-refractivity contribution is 0.117. The highest BCUT2D eigenvalue weighted by molar-refractivity contribution is 9.10. The Labute approximate surface area is 134 Å². The van der Waals surface area contributed by atoms with Gasteiger partial charge in [-0.15, -0.1) is 0 Å². The molecule has 0 bridgehead atoms. The van der Waals surface area contributed by atoms with E-state index in [0.717, 1.165) is 25.9 Å². The third kappa shape index (κ3) is 2.72. The lowest BCUT2D eigenvalue weighted by Gasteiger charge is -2.41. The molecule has 1 aromatic carbocycles. The Balaban J connectivity index is 1.95. The quantitative estimate of drug-likeness (QED) is 0.803. The SMILES string of the molecule is CC1CN2CCCC2CN1S(=O)(=O)c1cc(N)ccc1Br. The maximum Gasteiger partial charge on any atom is 0.244 e. The second-order valence-electron chi connectivity index (χ2n) is 5.90. The predicted octanol–water partition coefficient (Wildman–Crippen LogP) is 1.89. The molecule has 2 unspecified atom stereocenters. The molecule has 0 aromatic heterocycles. The predicted molar refractivity (Wildman–Crippen MR) is 86.5 cm³/mol. The first-order valence-electron chi connectivity index (χ1n) is 7.20. The van der Waals surface area contributed by atoms with Gasteiger partial charge in [0.2, 0.25) is 10.0 Å². The summed E-state index contributed by atoms with van der Waals surface area (Å²) >= 11 is 3.34. The van der Waals surface area contributed by atoms with Crippen molar-refractivity contribution in [2.24, 2.45) is 0 Å². The van der Waals surface area contributed by atoms with Crippen molar-refractivity contribution in [1.82, 2.24) is 9.21 Å². The first kappa shape index (κ1) is 15.3. The van der Waals surface area contributed by atoms with E-state index in [1.165, 1.54) is 6.07 Å². The molecule has 0 spiro atoms. The van der Waals surface area contributed by atoms with Crippen molar-refractivity contribution in [3.63, 3.8) is 0 Å². The number of nitrogens with zero attached hydrogens (tertiary/aromatic N) is 2. The molecule has 0 aliphatic carbocycles. The first-order valence-corrected chi connectivity index (χ1v) is 9.44. The molecule has 0 radical (unpaired) electrons. The number of hydrogen-bond donors (Lipinski definition) is 1. The molecule has 2 atom stereocenters. The molecule has 7 heteroatoms. The van der Waals surface area contributed by atoms with Gasteiger partial charge in [-0.05, 0) is 60.4 Å². The number of halogens is 1. The Morgan fingerprint density at radius 3 is 2.86 bits per heavy atom. The second-order valence-corrected chi connectivity index (χ2v) is 8.62. The van der Waals surface area contributed by atoms with Gasteiger partial charge in [-0.1, -0.05) is 0 Å². The summed E-state index contributed by atoms with van der Waals surface area (Å²) in [6, 6.07) is 5.27. The number of anilines is 1. The normalized spacial score (nSPS) is 27.7. The van der Waals surface area contributed by atoms with Crippen LogP contribution in [0.4, 0.5) is 5.69 Å². The summed E-state index contributed by atoms with van der Waals surface area (Å²) in [5, 5.41) is 0. The monoisotopic (exact) mass is 373 g/mol. The van der Waals surface area contributed by atoms with Crippen LogP contribution in [0.5, 0.6) is 0 Å². The molecule has 0 saturated carbocycles. The van der Waals surface area contributed by atoms with Crippen LogP contribution in [0.1, 0.15) is 19.8 Å². The van der Waals surface area contributed by atoms with Gasteiger partial charge in [0.15, 0.2) is 0 Å². The lowest BCUT2D eigenvalue weighted by atomic mass is 10.1. The molecule has 5 nitrogen and oxygen atoms in total. The Bertz CT molecular complexity index is 650. The summed E-state index contributed by atoms with van der Waals surface area (Å²) in [4.78, 5) is 2.67. The molecule has 0 amide bonds. The van der Waals surface area contributed by atoms with Crippen LogP contribution < -0.4 is 5.73 Å². The highest BCUT2D eigenvalue weighted by Gasteiger charge is 2.40. The molecule has 116 valence electrons. The van der Waals surface area contributed by atoms with E-state index < -0.39 is 10.0 Å². The molecule has 1 aromatic rings. The van der Waals surface area contributed by atoms with Gasteiger partial charge in [-0.25, -0.2) is 8.42 Å². The van der Waals surface area contributed by atoms with Gasteiger partial charge in [-0.2, -0.15) is 4.31 Å². The van der Waals surface area contributed by atoms with E-state index in [0.29, 0.717) is 22.7 Å². The number of piperazine rings is 1. The molecular weight excluding hydrogens is 354 g/mol.